The molecule has 0 spiro atoms. The number of aliphatic hydroxyl groups excluding tert-OH is 1. The van der Waals surface area contributed by atoms with Gasteiger partial charge in [0.05, 0.1) is 18.1 Å². The Hall–Kier alpha value is -2.67. The molecule has 2 N–H and O–H groups in total. The lowest BCUT2D eigenvalue weighted by Crippen LogP contribution is -2.62. The van der Waals surface area contributed by atoms with E-state index in [9.17, 15) is 19.5 Å². The van der Waals surface area contributed by atoms with Crippen molar-refractivity contribution in [3.05, 3.63) is 47.5 Å². The predicted octanol–water partition coefficient (Wildman–Crippen LogP) is 1.41. The minimum Gasteiger partial charge on any atom is -0.445 e. The monoisotopic (exact) mass is 372 g/mol. The summed E-state index contributed by atoms with van der Waals surface area (Å²) in [5.41, 5.74) is 1.58. The topological polar surface area (TPSA) is 95.9 Å². The van der Waals surface area contributed by atoms with Gasteiger partial charge in [-0.15, -0.1) is 0 Å². The van der Waals surface area contributed by atoms with Crippen LogP contribution in [0.5, 0.6) is 0 Å². The second-order valence-corrected chi connectivity index (χ2v) is 6.97. The Labute approximate surface area is 158 Å². The Balaban J connectivity index is 1.47. The first-order chi connectivity index (χ1) is 13.0. The number of benzene rings is 1. The van der Waals surface area contributed by atoms with Crippen molar-refractivity contribution in [2.24, 2.45) is 5.92 Å². The van der Waals surface area contributed by atoms with Crippen LogP contribution in [0, 0.1) is 5.92 Å². The second kappa shape index (κ2) is 8.35. The zero-order chi connectivity index (χ0) is 19.4. The van der Waals surface area contributed by atoms with Crippen LogP contribution in [0.15, 0.2) is 42.0 Å². The summed E-state index contributed by atoms with van der Waals surface area (Å²) in [5.74, 6) is -0.793. The lowest BCUT2D eigenvalue weighted by Gasteiger charge is -2.38. The summed E-state index contributed by atoms with van der Waals surface area (Å²) in [6.07, 6.45) is 1.20. The number of nitrogens with one attached hydrogen (secondary N) is 1. The van der Waals surface area contributed by atoms with Crippen molar-refractivity contribution in [1.29, 1.82) is 0 Å². The third kappa shape index (κ3) is 4.54. The van der Waals surface area contributed by atoms with E-state index >= 15 is 0 Å². The Morgan fingerprint density at radius 3 is 2.67 bits per heavy atom. The molecule has 7 heteroatoms. The number of hydrogen-bond acceptors (Lipinski definition) is 5. The maximum atomic E-state index is 12.4. The number of ether oxygens (including phenoxy) is 1. The van der Waals surface area contributed by atoms with Crippen LogP contribution >= 0.6 is 0 Å². The number of ketones is 1. The molecule has 0 radical (unpaired) electrons. The molecule has 0 saturated carbocycles. The highest BCUT2D eigenvalue weighted by molar-refractivity contribution is 5.98. The molecule has 2 aliphatic heterocycles. The highest BCUT2D eigenvalue weighted by Crippen LogP contribution is 2.24. The Kier molecular flexibility index (Phi) is 5.91. The Morgan fingerprint density at radius 2 is 2.07 bits per heavy atom. The average Bonchev–Trinajstić information content (AvgIpc) is 2.65. The van der Waals surface area contributed by atoms with Gasteiger partial charge in [-0.3, -0.25) is 9.59 Å². The fraction of sp³-hybridized carbons (Fsp3) is 0.450. The van der Waals surface area contributed by atoms with Crippen molar-refractivity contribution in [3.8, 4) is 0 Å². The molecule has 1 saturated heterocycles. The number of β-lactam (4-membered cyclic amide) rings is 1. The predicted molar refractivity (Wildman–Crippen MR) is 97.6 cm³/mol. The quantitative estimate of drug-likeness (QED) is 0.736. The van der Waals surface area contributed by atoms with Gasteiger partial charge in [0, 0.05) is 19.5 Å². The first kappa shape index (κ1) is 19.1. The van der Waals surface area contributed by atoms with Crippen LogP contribution in [0.4, 0.5) is 4.79 Å². The van der Waals surface area contributed by atoms with Gasteiger partial charge in [0.2, 0.25) is 5.91 Å². The van der Waals surface area contributed by atoms with Crippen molar-refractivity contribution in [2.45, 2.75) is 38.5 Å². The van der Waals surface area contributed by atoms with Crippen molar-refractivity contribution in [2.75, 3.05) is 13.1 Å². The van der Waals surface area contributed by atoms with E-state index in [1.54, 1.807) is 17.9 Å². The fourth-order valence-corrected chi connectivity index (χ4v) is 3.42. The second-order valence-electron chi connectivity index (χ2n) is 6.97. The van der Waals surface area contributed by atoms with Crippen LogP contribution in [0.25, 0.3) is 0 Å². The van der Waals surface area contributed by atoms with Crippen LogP contribution < -0.4 is 5.32 Å². The molecule has 0 unspecified atom stereocenters. The lowest BCUT2D eigenvalue weighted by atomic mass is 9.82. The first-order valence-corrected chi connectivity index (χ1v) is 9.12. The first-order valence-electron chi connectivity index (χ1n) is 9.12. The van der Waals surface area contributed by atoms with Crippen LogP contribution in [-0.2, 0) is 20.9 Å². The number of aliphatic hydroxyl groups is 1. The van der Waals surface area contributed by atoms with Gasteiger partial charge < -0.3 is 20.1 Å². The van der Waals surface area contributed by atoms with Gasteiger partial charge in [0.15, 0.2) is 5.78 Å². The zero-order valence-corrected chi connectivity index (χ0v) is 15.3. The smallest absolute Gasteiger partial charge is 0.410 e. The van der Waals surface area contributed by atoms with E-state index in [1.165, 1.54) is 0 Å². The molecule has 0 bridgehead atoms. The maximum Gasteiger partial charge on any atom is 0.410 e. The van der Waals surface area contributed by atoms with E-state index in [2.05, 4.69) is 5.32 Å². The van der Waals surface area contributed by atoms with Gasteiger partial charge in [0.1, 0.15) is 6.61 Å². The van der Waals surface area contributed by atoms with Crippen molar-refractivity contribution in [1.82, 2.24) is 10.2 Å². The number of carbonyl (C=O) groups is 3. The molecular formula is C20H24N2O5. The van der Waals surface area contributed by atoms with Crippen LogP contribution in [0.2, 0.25) is 0 Å². The number of rotatable bonds is 6. The summed E-state index contributed by atoms with van der Waals surface area (Å²) in [7, 11) is 0. The number of amides is 2. The molecule has 3 atom stereocenters. The van der Waals surface area contributed by atoms with E-state index < -0.39 is 18.1 Å². The molecule has 0 aliphatic carbocycles. The molecule has 2 heterocycles. The van der Waals surface area contributed by atoms with E-state index in [4.69, 9.17) is 4.74 Å². The van der Waals surface area contributed by atoms with Crippen LogP contribution in [0.1, 0.15) is 25.3 Å². The molecule has 27 heavy (non-hydrogen) atoms. The van der Waals surface area contributed by atoms with E-state index in [0.29, 0.717) is 25.1 Å². The summed E-state index contributed by atoms with van der Waals surface area (Å²) < 4.78 is 5.30. The Bertz CT molecular complexity index is 744. The molecule has 2 amide bonds. The normalized spacial score (nSPS) is 23.0. The summed E-state index contributed by atoms with van der Waals surface area (Å²) >= 11 is 0. The standard InChI is InChI=1S/C20H24N2O5/c1-13(23)18-16(21-19(18)25)11-17(24)15-7-9-22(10-8-15)20(26)27-12-14-5-3-2-4-6-14/h2-7,13,16,18,23H,8-12H2,1H3,(H,21,25)/t13-,16-,18-/m1/s1. The van der Waals surface area contributed by atoms with Gasteiger partial charge in [-0.2, -0.15) is 0 Å². The highest BCUT2D eigenvalue weighted by atomic mass is 16.6. The van der Waals surface area contributed by atoms with Crippen molar-refractivity contribution >= 4 is 17.8 Å². The van der Waals surface area contributed by atoms with Gasteiger partial charge in [0.25, 0.3) is 0 Å². The summed E-state index contributed by atoms with van der Waals surface area (Å²) in [6.45, 7) is 2.51. The molecule has 1 aromatic rings. The third-order valence-electron chi connectivity index (χ3n) is 5.02. The number of nitrogens with zero attached hydrogens (tertiary/aromatic N) is 1. The molecule has 1 fully saturated rings. The number of carbonyl (C=O) groups excluding carboxylic acids is 3. The molecule has 1 aromatic carbocycles. The molecule has 3 rings (SSSR count). The SMILES string of the molecule is C[C@@H](O)[C@H]1C(=O)N[C@@H]1CC(=O)C1=CCN(C(=O)OCc2ccccc2)CC1. The molecular weight excluding hydrogens is 348 g/mol. The molecule has 144 valence electrons. The summed E-state index contributed by atoms with van der Waals surface area (Å²) in [4.78, 5) is 37.6. The van der Waals surface area contributed by atoms with E-state index in [1.807, 2.05) is 30.3 Å². The van der Waals surface area contributed by atoms with Gasteiger partial charge in [-0.25, -0.2) is 4.79 Å². The minimum atomic E-state index is -0.772. The van der Waals surface area contributed by atoms with Crippen LogP contribution in [0.3, 0.4) is 0 Å². The zero-order valence-electron chi connectivity index (χ0n) is 15.3. The van der Waals surface area contributed by atoms with Gasteiger partial charge in [-0.1, -0.05) is 36.4 Å². The van der Waals surface area contributed by atoms with E-state index in [-0.39, 0.29) is 30.8 Å². The third-order valence-corrected chi connectivity index (χ3v) is 5.02. The summed E-state index contributed by atoms with van der Waals surface area (Å²) in [6, 6.07) is 9.13. The average molecular weight is 372 g/mol. The van der Waals surface area contributed by atoms with Gasteiger partial charge >= 0.3 is 6.09 Å². The largest absolute Gasteiger partial charge is 0.445 e. The van der Waals surface area contributed by atoms with E-state index in [0.717, 1.165) is 5.56 Å². The molecule has 0 aromatic heterocycles. The minimum absolute atomic E-state index is 0.0528. The lowest BCUT2D eigenvalue weighted by molar-refractivity contribution is -0.141. The maximum absolute atomic E-state index is 12.4. The highest BCUT2D eigenvalue weighted by Gasteiger charge is 2.43. The number of Topliss-reactive ketones (excluding diaryl/α,β-unsaturated/α-hetero) is 1. The Morgan fingerprint density at radius 1 is 1.33 bits per heavy atom. The molecule has 7 nitrogen and oxygen atoms in total. The fourth-order valence-electron chi connectivity index (χ4n) is 3.42. The van der Waals surface area contributed by atoms with Crippen molar-refractivity contribution in [3.63, 3.8) is 0 Å². The summed E-state index contributed by atoms with van der Waals surface area (Å²) in [5, 5.41) is 12.3. The number of hydrogen-bond donors (Lipinski definition) is 2. The van der Waals surface area contributed by atoms with Crippen LogP contribution in [-0.4, -0.2) is 53.0 Å². The van der Waals surface area contributed by atoms with Gasteiger partial charge in [-0.05, 0) is 24.5 Å². The van der Waals surface area contributed by atoms with Crippen molar-refractivity contribution < 1.29 is 24.2 Å². The molecule has 2 aliphatic rings.